The monoisotopic (exact) mass is 316 g/mol. The third-order valence-corrected chi connectivity index (χ3v) is 4.91. The van der Waals surface area contributed by atoms with Crippen molar-refractivity contribution in [3.8, 4) is 5.75 Å². The van der Waals surface area contributed by atoms with Gasteiger partial charge in [-0.1, -0.05) is 17.3 Å². The Morgan fingerprint density at radius 3 is 2.74 bits per heavy atom. The molecule has 5 heteroatoms. The number of ether oxygens (including phenoxy) is 1. The number of hydrogen-bond donors (Lipinski definition) is 1. The summed E-state index contributed by atoms with van der Waals surface area (Å²) >= 11 is 0. The molecule has 0 bridgehead atoms. The highest BCUT2D eigenvalue weighted by atomic mass is 16.5. The first-order chi connectivity index (χ1) is 11.0. The average molecular weight is 316 g/mol. The van der Waals surface area contributed by atoms with Crippen LogP contribution >= 0.6 is 0 Å². The van der Waals surface area contributed by atoms with E-state index in [9.17, 15) is 5.11 Å². The van der Waals surface area contributed by atoms with E-state index in [0.29, 0.717) is 0 Å². The van der Waals surface area contributed by atoms with Crippen LogP contribution < -0.4 is 4.74 Å². The topological polar surface area (TPSA) is 58.7 Å². The molecule has 2 aromatic rings. The zero-order valence-corrected chi connectivity index (χ0v) is 14.0. The van der Waals surface area contributed by atoms with Crippen LogP contribution in [-0.4, -0.2) is 34.9 Å². The molecule has 124 valence electrons. The number of aryl methyl sites for hydroxylation is 1. The van der Waals surface area contributed by atoms with Crippen LogP contribution in [0.15, 0.2) is 35.0 Å². The molecule has 23 heavy (non-hydrogen) atoms. The van der Waals surface area contributed by atoms with Gasteiger partial charge in [0.25, 0.3) is 0 Å². The fraction of sp³-hybridized carbons (Fsp3) is 0.500. The van der Waals surface area contributed by atoms with E-state index in [4.69, 9.17) is 9.26 Å². The molecule has 0 radical (unpaired) electrons. The van der Waals surface area contributed by atoms with Crippen LogP contribution in [-0.2, 0) is 12.1 Å². The molecule has 1 N–H and O–H groups in total. The third kappa shape index (κ3) is 3.12. The molecule has 0 amide bonds. The standard InChI is InChI=1S/C18H24N2O3/c1-13-14(11-19-23-13)12-20-10-4-5-17(20)18(2,21)15-6-8-16(22-3)9-7-15/h6-9,11,17,21H,4-5,10,12H2,1-3H3/t17-,18-/m1/s1. The molecule has 1 aromatic heterocycles. The summed E-state index contributed by atoms with van der Waals surface area (Å²) < 4.78 is 10.4. The molecule has 1 aromatic carbocycles. The van der Waals surface area contributed by atoms with E-state index in [0.717, 1.165) is 48.6 Å². The second-order valence-electron chi connectivity index (χ2n) is 6.41. The fourth-order valence-electron chi connectivity index (χ4n) is 3.46. The molecule has 2 heterocycles. The molecule has 1 saturated heterocycles. The van der Waals surface area contributed by atoms with E-state index in [-0.39, 0.29) is 6.04 Å². The number of hydrogen-bond acceptors (Lipinski definition) is 5. The summed E-state index contributed by atoms with van der Waals surface area (Å²) in [6.45, 7) is 5.56. The van der Waals surface area contributed by atoms with Gasteiger partial charge in [0.2, 0.25) is 0 Å². The van der Waals surface area contributed by atoms with Crippen LogP contribution in [0.5, 0.6) is 5.75 Å². The van der Waals surface area contributed by atoms with Gasteiger partial charge >= 0.3 is 0 Å². The van der Waals surface area contributed by atoms with Crippen LogP contribution in [0.4, 0.5) is 0 Å². The zero-order chi connectivity index (χ0) is 16.4. The summed E-state index contributed by atoms with van der Waals surface area (Å²) in [7, 11) is 1.65. The second-order valence-corrected chi connectivity index (χ2v) is 6.41. The van der Waals surface area contributed by atoms with Crippen LogP contribution in [0, 0.1) is 6.92 Å². The van der Waals surface area contributed by atoms with Crippen molar-refractivity contribution in [2.75, 3.05) is 13.7 Å². The van der Waals surface area contributed by atoms with Crippen molar-refractivity contribution in [3.63, 3.8) is 0 Å². The van der Waals surface area contributed by atoms with Gasteiger partial charge in [0, 0.05) is 18.2 Å². The zero-order valence-electron chi connectivity index (χ0n) is 14.0. The lowest BCUT2D eigenvalue weighted by Gasteiger charge is -2.37. The van der Waals surface area contributed by atoms with E-state index >= 15 is 0 Å². The maximum atomic E-state index is 11.2. The van der Waals surface area contributed by atoms with Gasteiger partial charge in [0.05, 0.1) is 13.3 Å². The lowest BCUT2D eigenvalue weighted by Crippen LogP contribution is -2.45. The Labute approximate surface area is 136 Å². The Bertz CT molecular complexity index is 649. The Balaban J connectivity index is 1.80. The fourth-order valence-corrected chi connectivity index (χ4v) is 3.46. The first-order valence-corrected chi connectivity index (χ1v) is 8.03. The van der Waals surface area contributed by atoms with Gasteiger partial charge in [-0.25, -0.2) is 0 Å². The van der Waals surface area contributed by atoms with Gasteiger partial charge in [-0.15, -0.1) is 0 Å². The van der Waals surface area contributed by atoms with Gasteiger partial charge in [-0.2, -0.15) is 0 Å². The Hall–Kier alpha value is -1.85. The Morgan fingerprint density at radius 1 is 1.39 bits per heavy atom. The molecule has 0 saturated carbocycles. The van der Waals surface area contributed by atoms with Crippen molar-refractivity contribution in [2.24, 2.45) is 0 Å². The van der Waals surface area contributed by atoms with E-state index < -0.39 is 5.60 Å². The molecule has 0 aliphatic carbocycles. The number of methoxy groups -OCH3 is 1. The maximum Gasteiger partial charge on any atom is 0.138 e. The highest BCUT2D eigenvalue weighted by molar-refractivity contribution is 5.32. The molecular formula is C18H24N2O3. The van der Waals surface area contributed by atoms with Crippen LogP contribution in [0.1, 0.15) is 36.7 Å². The van der Waals surface area contributed by atoms with Crippen molar-refractivity contribution in [1.29, 1.82) is 0 Å². The quantitative estimate of drug-likeness (QED) is 0.919. The lowest BCUT2D eigenvalue weighted by atomic mass is 9.86. The average Bonchev–Trinajstić information content (AvgIpc) is 3.18. The molecule has 1 fully saturated rings. The third-order valence-electron chi connectivity index (χ3n) is 4.91. The van der Waals surface area contributed by atoms with Crippen molar-refractivity contribution < 1.29 is 14.4 Å². The first kappa shape index (κ1) is 16.0. The van der Waals surface area contributed by atoms with E-state index in [2.05, 4.69) is 10.1 Å². The van der Waals surface area contributed by atoms with E-state index in [1.165, 1.54) is 0 Å². The highest BCUT2D eigenvalue weighted by Gasteiger charge is 2.40. The van der Waals surface area contributed by atoms with Gasteiger partial charge < -0.3 is 14.4 Å². The molecule has 0 spiro atoms. The minimum absolute atomic E-state index is 0.0743. The Morgan fingerprint density at radius 2 is 2.13 bits per heavy atom. The number of nitrogens with zero attached hydrogens (tertiary/aromatic N) is 2. The van der Waals surface area contributed by atoms with Crippen molar-refractivity contribution in [3.05, 3.63) is 47.3 Å². The summed E-state index contributed by atoms with van der Waals surface area (Å²) in [5.74, 6) is 1.65. The van der Waals surface area contributed by atoms with Gasteiger partial charge in [0.15, 0.2) is 0 Å². The predicted molar refractivity (Wildman–Crippen MR) is 87.2 cm³/mol. The number of aliphatic hydroxyl groups is 1. The predicted octanol–water partition coefficient (Wildman–Crippen LogP) is 2.86. The van der Waals surface area contributed by atoms with Crippen LogP contribution in [0.2, 0.25) is 0 Å². The molecule has 2 atom stereocenters. The summed E-state index contributed by atoms with van der Waals surface area (Å²) in [6, 6.07) is 7.76. The number of aromatic nitrogens is 1. The second kappa shape index (κ2) is 6.34. The summed E-state index contributed by atoms with van der Waals surface area (Å²) in [4.78, 5) is 2.32. The van der Waals surface area contributed by atoms with Crippen LogP contribution in [0.25, 0.3) is 0 Å². The van der Waals surface area contributed by atoms with Gasteiger partial charge in [-0.3, -0.25) is 4.90 Å². The molecule has 1 aliphatic rings. The minimum Gasteiger partial charge on any atom is -0.497 e. The maximum absolute atomic E-state index is 11.2. The van der Waals surface area contributed by atoms with Gasteiger partial charge in [0.1, 0.15) is 17.1 Å². The Kier molecular flexibility index (Phi) is 4.41. The molecule has 5 nitrogen and oxygen atoms in total. The summed E-state index contributed by atoms with van der Waals surface area (Å²) in [6.07, 6.45) is 3.83. The highest BCUT2D eigenvalue weighted by Crippen LogP contribution is 2.36. The number of rotatable bonds is 5. The molecule has 3 rings (SSSR count). The van der Waals surface area contributed by atoms with E-state index in [1.807, 2.05) is 38.1 Å². The van der Waals surface area contributed by atoms with Crippen molar-refractivity contribution in [1.82, 2.24) is 10.1 Å². The molecular weight excluding hydrogens is 292 g/mol. The largest absolute Gasteiger partial charge is 0.497 e. The first-order valence-electron chi connectivity index (χ1n) is 8.03. The number of likely N-dealkylation sites (tertiary alicyclic amines) is 1. The van der Waals surface area contributed by atoms with Crippen molar-refractivity contribution in [2.45, 2.75) is 44.9 Å². The summed E-state index contributed by atoms with van der Waals surface area (Å²) in [5.41, 5.74) is 1.09. The molecule has 1 aliphatic heterocycles. The SMILES string of the molecule is COc1ccc([C@@](C)(O)[C@H]2CCCN2Cc2cnoc2C)cc1. The summed E-state index contributed by atoms with van der Waals surface area (Å²) in [5, 5.41) is 15.0. The lowest BCUT2D eigenvalue weighted by molar-refractivity contribution is -0.0255. The molecule has 0 unspecified atom stereocenters. The number of benzene rings is 1. The minimum atomic E-state index is -0.909. The van der Waals surface area contributed by atoms with Gasteiger partial charge in [-0.05, 0) is 50.9 Å². The van der Waals surface area contributed by atoms with E-state index in [1.54, 1.807) is 13.3 Å². The van der Waals surface area contributed by atoms with Crippen molar-refractivity contribution >= 4 is 0 Å². The normalized spacial score (nSPS) is 21.3. The van der Waals surface area contributed by atoms with Crippen LogP contribution in [0.3, 0.4) is 0 Å². The smallest absolute Gasteiger partial charge is 0.138 e.